The molecule has 0 spiro atoms. The predicted molar refractivity (Wildman–Crippen MR) is 124 cm³/mol. The van der Waals surface area contributed by atoms with Gasteiger partial charge in [0.05, 0.1) is 16.9 Å². The van der Waals surface area contributed by atoms with Gasteiger partial charge in [0.15, 0.2) is 0 Å². The Morgan fingerprint density at radius 1 is 1.09 bits per heavy atom. The van der Waals surface area contributed by atoms with Crippen LogP contribution in [0, 0.1) is 6.92 Å². The summed E-state index contributed by atoms with van der Waals surface area (Å²) >= 11 is 0. The van der Waals surface area contributed by atoms with Crippen molar-refractivity contribution in [2.24, 2.45) is 0 Å². The lowest BCUT2D eigenvalue weighted by atomic mass is 10.2. The molecule has 0 aromatic carbocycles. The van der Waals surface area contributed by atoms with E-state index in [1.165, 1.54) is 0 Å². The smallest absolute Gasteiger partial charge is 0.269 e. The molecule has 0 radical (unpaired) electrons. The van der Waals surface area contributed by atoms with Crippen LogP contribution in [0.3, 0.4) is 0 Å². The lowest BCUT2D eigenvalue weighted by Gasteiger charge is -2.36. The molecule has 9 nitrogen and oxygen atoms in total. The van der Waals surface area contributed by atoms with Gasteiger partial charge in [-0.2, -0.15) is 0 Å². The van der Waals surface area contributed by atoms with Crippen LogP contribution in [0.25, 0.3) is 0 Å². The zero-order valence-corrected chi connectivity index (χ0v) is 18.9. The maximum Gasteiger partial charge on any atom is 0.269 e. The highest BCUT2D eigenvalue weighted by Crippen LogP contribution is 2.35. The van der Waals surface area contributed by atoms with Crippen LogP contribution >= 0.6 is 0 Å². The fraction of sp³-hybridized carbons (Fsp3) is 0.478. The summed E-state index contributed by atoms with van der Waals surface area (Å²) < 4.78 is 0. The minimum absolute atomic E-state index is 0.00956. The van der Waals surface area contributed by atoms with Crippen LogP contribution in [0.1, 0.15) is 34.6 Å². The molecule has 170 valence electrons. The number of carbonyl (C=O) groups is 2. The number of carbonyl (C=O) groups excluding carboxylic acids is 2. The number of anilines is 2. The first-order chi connectivity index (χ1) is 15.4. The molecule has 9 heteroatoms. The van der Waals surface area contributed by atoms with Gasteiger partial charge in [-0.3, -0.25) is 14.5 Å². The summed E-state index contributed by atoms with van der Waals surface area (Å²) in [5.41, 5.74) is 3.09. The monoisotopic (exact) mass is 437 g/mol. The second-order valence-electron chi connectivity index (χ2n) is 8.48. The highest BCUT2D eigenvalue weighted by Gasteiger charge is 2.48. The molecule has 0 atom stereocenters. The molecule has 1 aliphatic carbocycles. The third kappa shape index (κ3) is 4.73. The van der Waals surface area contributed by atoms with E-state index in [1.54, 1.807) is 19.3 Å². The summed E-state index contributed by atoms with van der Waals surface area (Å²) in [5.74, 6) is 0.422. The van der Waals surface area contributed by atoms with Crippen molar-refractivity contribution in [3.63, 3.8) is 0 Å². The Morgan fingerprint density at radius 3 is 2.47 bits per heavy atom. The standard InChI is InChI=1S/C23H31N7O2/c1-16-19(5-4-18(27-16)21(31)24-2)30-12-10-29(11-13-30)15-17-6-9-26-20(14-17)28-22(32)23(25-3)7-8-23/h4-6,9,14,25H,7-8,10-13,15H2,1-3H3,(H,24,31)(H,26,28,32). The van der Waals surface area contributed by atoms with Crippen molar-refractivity contribution in [2.45, 2.75) is 31.8 Å². The number of piperazine rings is 1. The van der Waals surface area contributed by atoms with Gasteiger partial charge in [0, 0.05) is 46.0 Å². The number of aromatic nitrogens is 2. The molecule has 0 unspecified atom stereocenters. The average molecular weight is 438 g/mol. The quantitative estimate of drug-likeness (QED) is 0.597. The maximum absolute atomic E-state index is 12.4. The molecule has 1 saturated heterocycles. The number of nitrogens with one attached hydrogen (secondary N) is 3. The molecule has 2 fully saturated rings. The van der Waals surface area contributed by atoms with Gasteiger partial charge < -0.3 is 20.9 Å². The zero-order valence-electron chi connectivity index (χ0n) is 18.9. The molecule has 2 amide bonds. The summed E-state index contributed by atoms with van der Waals surface area (Å²) in [6, 6.07) is 7.72. The normalized spacial score (nSPS) is 17.7. The first kappa shape index (κ1) is 22.2. The molecule has 1 saturated carbocycles. The average Bonchev–Trinajstić information content (AvgIpc) is 3.61. The van der Waals surface area contributed by atoms with Gasteiger partial charge >= 0.3 is 0 Å². The summed E-state index contributed by atoms with van der Waals surface area (Å²) in [6.07, 6.45) is 3.48. The minimum Gasteiger partial charge on any atom is -0.368 e. The molecule has 2 aromatic rings. The van der Waals surface area contributed by atoms with Crippen LogP contribution in [-0.2, 0) is 11.3 Å². The molecule has 0 bridgehead atoms. The topological polar surface area (TPSA) is 102 Å². The Kier molecular flexibility index (Phi) is 6.38. The number of nitrogens with zero attached hydrogens (tertiary/aromatic N) is 4. The lowest BCUT2D eigenvalue weighted by Crippen LogP contribution is -2.46. The largest absolute Gasteiger partial charge is 0.368 e. The van der Waals surface area contributed by atoms with Gasteiger partial charge in [0.2, 0.25) is 5.91 Å². The van der Waals surface area contributed by atoms with Crippen molar-refractivity contribution in [3.8, 4) is 0 Å². The number of hydrogen-bond acceptors (Lipinski definition) is 7. The van der Waals surface area contributed by atoms with Crippen LogP contribution in [0.5, 0.6) is 0 Å². The Morgan fingerprint density at radius 2 is 1.84 bits per heavy atom. The third-order valence-corrected chi connectivity index (χ3v) is 6.37. The predicted octanol–water partition coefficient (Wildman–Crippen LogP) is 1.16. The van der Waals surface area contributed by atoms with Gasteiger partial charge in [0.1, 0.15) is 11.5 Å². The lowest BCUT2D eigenvalue weighted by molar-refractivity contribution is -0.119. The number of rotatable bonds is 7. The molecular formula is C23H31N7O2. The SMILES string of the molecule is CNC(=O)c1ccc(N2CCN(Cc3ccnc(NC(=O)C4(NC)CC4)c3)CC2)c(C)n1. The van der Waals surface area contributed by atoms with E-state index in [1.807, 2.05) is 32.2 Å². The Bertz CT molecular complexity index is 998. The second-order valence-corrected chi connectivity index (χ2v) is 8.48. The van der Waals surface area contributed by atoms with Crippen LogP contribution in [-0.4, -0.2) is 72.5 Å². The highest BCUT2D eigenvalue weighted by atomic mass is 16.2. The Balaban J connectivity index is 1.33. The van der Waals surface area contributed by atoms with Crippen LogP contribution in [0.2, 0.25) is 0 Å². The highest BCUT2D eigenvalue weighted by molar-refractivity contribution is 5.99. The van der Waals surface area contributed by atoms with Gasteiger partial charge in [-0.15, -0.1) is 0 Å². The van der Waals surface area contributed by atoms with Crippen molar-refractivity contribution in [2.75, 3.05) is 50.5 Å². The van der Waals surface area contributed by atoms with Crippen molar-refractivity contribution in [1.82, 2.24) is 25.5 Å². The van der Waals surface area contributed by atoms with E-state index < -0.39 is 5.54 Å². The maximum atomic E-state index is 12.4. The van der Waals surface area contributed by atoms with Gasteiger partial charge in [-0.25, -0.2) is 9.97 Å². The van der Waals surface area contributed by atoms with Crippen molar-refractivity contribution >= 4 is 23.3 Å². The molecule has 3 heterocycles. The summed E-state index contributed by atoms with van der Waals surface area (Å²) in [5, 5.41) is 8.67. The summed E-state index contributed by atoms with van der Waals surface area (Å²) in [6.45, 7) is 6.37. The third-order valence-electron chi connectivity index (χ3n) is 6.37. The van der Waals surface area contributed by atoms with E-state index in [0.29, 0.717) is 11.5 Å². The first-order valence-corrected chi connectivity index (χ1v) is 11.1. The molecule has 2 aliphatic rings. The molecule has 32 heavy (non-hydrogen) atoms. The fourth-order valence-electron chi connectivity index (χ4n) is 4.14. The van der Waals surface area contributed by atoms with Crippen molar-refractivity contribution in [3.05, 3.63) is 47.4 Å². The van der Waals surface area contributed by atoms with E-state index in [0.717, 1.165) is 62.5 Å². The second kappa shape index (κ2) is 9.22. The molecular weight excluding hydrogens is 406 g/mol. The van der Waals surface area contributed by atoms with E-state index in [4.69, 9.17) is 0 Å². The number of aryl methyl sites for hydroxylation is 1. The number of amides is 2. The number of pyridine rings is 2. The molecule has 3 N–H and O–H groups in total. The van der Waals surface area contributed by atoms with E-state index in [2.05, 4.69) is 35.7 Å². The molecule has 2 aromatic heterocycles. The van der Waals surface area contributed by atoms with E-state index in [-0.39, 0.29) is 11.8 Å². The number of hydrogen-bond donors (Lipinski definition) is 3. The molecule has 4 rings (SSSR count). The Labute approximate surface area is 188 Å². The summed E-state index contributed by atoms with van der Waals surface area (Å²) in [7, 11) is 3.43. The van der Waals surface area contributed by atoms with E-state index in [9.17, 15) is 9.59 Å². The van der Waals surface area contributed by atoms with Crippen LogP contribution in [0.4, 0.5) is 11.5 Å². The van der Waals surface area contributed by atoms with Crippen LogP contribution < -0.4 is 20.9 Å². The van der Waals surface area contributed by atoms with Crippen molar-refractivity contribution in [1.29, 1.82) is 0 Å². The Hall–Kier alpha value is -3.04. The molecule has 1 aliphatic heterocycles. The number of likely N-dealkylation sites (N-methyl/N-ethyl adjacent to an activating group) is 1. The minimum atomic E-state index is -0.417. The van der Waals surface area contributed by atoms with Gasteiger partial charge in [-0.1, -0.05) is 0 Å². The summed E-state index contributed by atoms with van der Waals surface area (Å²) in [4.78, 5) is 37.7. The first-order valence-electron chi connectivity index (χ1n) is 11.1. The van der Waals surface area contributed by atoms with E-state index >= 15 is 0 Å². The van der Waals surface area contributed by atoms with Crippen LogP contribution in [0.15, 0.2) is 30.5 Å². The van der Waals surface area contributed by atoms with Gasteiger partial charge in [-0.05, 0) is 56.6 Å². The van der Waals surface area contributed by atoms with Crippen molar-refractivity contribution < 1.29 is 9.59 Å². The zero-order chi connectivity index (χ0) is 22.7. The fourth-order valence-corrected chi connectivity index (χ4v) is 4.14. The van der Waals surface area contributed by atoms with Gasteiger partial charge in [0.25, 0.3) is 5.91 Å².